The quantitative estimate of drug-likeness (QED) is 0.523. The number of halogens is 6. The average Bonchev–Trinajstić information content (AvgIpc) is 2.48. The van der Waals surface area contributed by atoms with Crippen LogP contribution in [0.5, 0.6) is 11.5 Å². The van der Waals surface area contributed by atoms with Crippen molar-refractivity contribution in [2.45, 2.75) is 6.18 Å². The summed E-state index contributed by atoms with van der Waals surface area (Å²) < 4.78 is 61.1. The molecule has 0 aliphatic heterocycles. The summed E-state index contributed by atoms with van der Waals surface area (Å²) in [5.41, 5.74) is -1.19. The zero-order valence-corrected chi connectivity index (χ0v) is 17.8. The molecule has 0 aromatic heterocycles. The first-order valence-electron chi connectivity index (χ1n) is 7.40. The van der Waals surface area contributed by atoms with Crippen LogP contribution in [0.25, 0.3) is 0 Å². The van der Waals surface area contributed by atoms with Crippen LogP contribution in [0.2, 0.25) is 15.1 Å². The maximum atomic E-state index is 12.8. The minimum atomic E-state index is -4.63. The van der Waals surface area contributed by atoms with Crippen molar-refractivity contribution in [2.75, 3.05) is 18.8 Å². The van der Waals surface area contributed by atoms with E-state index in [9.17, 15) is 22.2 Å². The molecule has 2 aromatic rings. The van der Waals surface area contributed by atoms with Crippen LogP contribution in [0.3, 0.4) is 0 Å². The molecule has 0 atom stereocenters. The Morgan fingerprint density at radius 3 is 1.96 bits per heavy atom. The Labute approximate surface area is 174 Å². The standard InChI is InChI=1S/C17H14Cl3F3O4S/c1-28(2,3,25)27-16(24)11-8-10(4-5-12(11)18)26-15-13(19)6-9(7-14(15)20)17(21,22)23/h4-8H,1-3H3. The number of carbonyl (C=O) groups is 1. The third-order valence-electron chi connectivity index (χ3n) is 3.06. The van der Waals surface area contributed by atoms with Crippen LogP contribution in [-0.4, -0.2) is 28.9 Å². The zero-order chi connectivity index (χ0) is 21.5. The SMILES string of the molecule is CS(C)(C)(=O)OC(=O)c1cc(Oc2c(Cl)cc(C(F)(F)F)cc2Cl)ccc1Cl. The summed E-state index contributed by atoms with van der Waals surface area (Å²) in [6.45, 7) is 0. The lowest BCUT2D eigenvalue weighted by Crippen LogP contribution is -2.33. The van der Waals surface area contributed by atoms with Gasteiger partial charge in [0.1, 0.15) is 5.75 Å². The Morgan fingerprint density at radius 1 is 0.964 bits per heavy atom. The van der Waals surface area contributed by atoms with Crippen LogP contribution in [0.1, 0.15) is 15.9 Å². The minimum Gasteiger partial charge on any atom is -0.454 e. The van der Waals surface area contributed by atoms with Crippen molar-refractivity contribution in [1.82, 2.24) is 0 Å². The van der Waals surface area contributed by atoms with Crippen molar-refractivity contribution in [1.29, 1.82) is 0 Å². The third kappa shape index (κ3) is 6.01. The summed E-state index contributed by atoms with van der Waals surface area (Å²) in [7, 11) is -3.62. The van der Waals surface area contributed by atoms with Gasteiger partial charge in [-0.25, -0.2) is 4.79 Å². The Kier molecular flexibility index (Phi) is 6.03. The van der Waals surface area contributed by atoms with Gasteiger partial charge in [0.05, 0.1) is 26.2 Å². The fourth-order valence-corrected chi connectivity index (χ4v) is 3.33. The molecule has 0 N–H and O–H groups in total. The van der Waals surface area contributed by atoms with Gasteiger partial charge in [0.15, 0.2) is 5.75 Å². The van der Waals surface area contributed by atoms with Crippen molar-refractivity contribution in [3.63, 3.8) is 0 Å². The first-order valence-corrected chi connectivity index (χ1v) is 11.7. The molecule has 0 saturated carbocycles. The topological polar surface area (TPSA) is 52.6 Å². The number of rotatable bonds is 4. The lowest BCUT2D eigenvalue weighted by atomic mass is 10.2. The van der Waals surface area contributed by atoms with Gasteiger partial charge in [0, 0.05) is 18.8 Å². The molecule has 0 radical (unpaired) electrons. The molecule has 0 bridgehead atoms. The number of ether oxygens (including phenoxy) is 1. The highest BCUT2D eigenvalue weighted by Crippen LogP contribution is 2.42. The van der Waals surface area contributed by atoms with E-state index in [-0.39, 0.29) is 32.1 Å². The zero-order valence-electron chi connectivity index (χ0n) is 14.7. The van der Waals surface area contributed by atoms with Gasteiger partial charge in [-0.15, -0.1) is 0 Å². The Hall–Kier alpha value is -1.48. The van der Waals surface area contributed by atoms with Gasteiger partial charge in [0.2, 0.25) is 0 Å². The molecule has 2 rings (SSSR count). The van der Waals surface area contributed by atoms with Crippen molar-refractivity contribution >= 4 is 50.1 Å². The Bertz CT molecular complexity index is 981. The highest BCUT2D eigenvalue weighted by Gasteiger charge is 2.32. The maximum absolute atomic E-state index is 12.8. The summed E-state index contributed by atoms with van der Waals surface area (Å²) in [4.78, 5) is 12.3. The second-order valence-corrected chi connectivity index (χ2v) is 12.6. The van der Waals surface area contributed by atoms with Crippen LogP contribution in [0.4, 0.5) is 13.2 Å². The van der Waals surface area contributed by atoms with Crippen molar-refractivity contribution in [2.24, 2.45) is 0 Å². The predicted molar refractivity (Wildman–Crippen MR) is 104 cm³/mol. The van der Waals surface area contributed by atoms with E-state index in [2.05, 4.69) is 0 Å². The number of hydrogen-bond acceptors (Lipinski definition) is 4. The summed E-state index contributed by atoms with van der Waals surface area (Å²) >= 11 is 17.7. The summed E-state index contributed by atoms with van der Waals surface area (Å²) in [6.07, 6.45) is -0.825. The van der Waals surface area contributed by atoms with Crippen LogP contribution >= 0.6 is 34.8 Å². The molecule has 11 heteroatoms. The Balaban J connectivity index is 2.39. The third-order valence-corrected chi connectivity index (χ3v) is 4.67. The lowest BCUT2D eigenvalue weighted by molar-refractivity contribution is -0.137. The van der Waals surface area contributed by atoms with Gasteiger partial charge in [-0.05, 0) is 30.3 Å². The van der Waals surface area contributed by atoms with E-state index in [1.807, 2.05) is 0 Å². The van der Waals surface area contributed by atoms with E-state index < -0.39 is 27.1 Å². The lowest BCUT2D eigenvalue weighted by Gasteiger charge is -2.34. The van der Waals surface area contributed by atoms with E-state index in [0.29, 0.717) is 12.1 Å². The van der Waals surface area contributed by atoms with Crippen LogP contribution < -0.4 is 4.74 Å². The summed E-state index contributed by atoms with van der Waals surface area (Å²) in [5.74, 6) is -1.18. The first kappa shape index (κ1) is 22.8. The highest BCUT2D eigenvalue weighted by atomic mass is 35.5. The molecule has 0 spiro atoms. The molecule has 0 aliphatic rings. The molecular formula is C17H14Cl3F3O4S. The van der Waals surface area contributed by atoms with Crippen molar-refractivity contribution in [3.05, 3.63) is 56.5 Å². The van der Waals surface area contributed by atoms with Gasteiger partial charge in [-0.2, -0.15) is 26.7 Å². The smallest absolute Gasteiger partial charge is 0.416 e. The number of carbonyl (C=O) groups excluding carboxylic acids is 1. The molecule has 0 heterocycles. The number of benzene rings is 2. The fraction of sp³-hybridized carbons (Fsp3) is 0.235. The second-order valence-electron chi connectivity index (χ2n) is 6.67. The Morgan fingerprint density at radius 2 is 1.50 bits per heavy atom. The van der Waals surface area contributed by atoms with Crippen LogP contribution in [-0.2, 0) is 19.7 Å². The van der Waals surface area contributed by atoms with Gasteiger partial charge in [0.25, 0.3) is 0 Å². The molecular weight excluding hydrogens is 464 g/mol. The highest BCUT2D eigenvalue weighted by molar-refractivity contribution is 8.14. The summed E-state index contributed by atoms with van der Waals surface area (Å²) in [6, 6.07) is 5.16. The largest absolute Gasteiger partial charge is 0.454 e. The van der Waals surface area contributed by atoms with E-state index in [0.717, 1.165) is 0 Å². The van der Waals surface area contributed by atoms with E-state index >= 15 is 0 Å². The second kappa shape index (κ2) is 7.40. The molecule has 0 saturated heterocycles. The van der Waals surface area contributed by atoms with E-state index in [1.54, 1.807) is 0 Å². The molecule has 28 heavy (non-hydrogen) atoms. The normalized spacial score (nSPS) is 13.5. The molecule has 2 aromatic carbocycles. The van der Waals surface area contributed by atoms with Gasteiger partial charge < -0.3 is 8.92 Å². The predicted octanol–water partition coefficient (Wildman–Crippen LogP) is 6.24. The molecule has 0 aliphatic carbocycles. The molecule has 4 nitrogen and oxygen atoms in total. The first-order chi connectivity index (χ1) is 12.5. The van der Waals surface area contributed by atoms with Gasteiger partial charge in [-0.3, -0.25) is 0 Å². The van der Waals surface area contributed by atoms with Crippen molar-refractivity contribution < 1.29 is 31.1 Å². The van der Waals surface area contributed by atoms with Gasteiger partial charge >= 0.3 is 12.1 Å². The van der Waals surface area contributed by atoms with E-state index in [1.165, 1.54) is 37.0 Å². The molecule has 0 amide bonds. The average molecular weight is 478 g/mol. The number of hydrogen-bond donors (Lipinski definition) is 0. The van der Waals surface area contributed by atoms with E-state index in [4.69, 9.17) is 43.7 Å². The monoisotopic (exact) mass is 476 g/mol. The molecule has 0 fully saturated rings. The fourth-order valence-electron chi connectivity index (χ4n) is 1.97. The number of alkyl halides is 3. The minimum absolute atomic E-state index is 0.00136. The molecule has 154 valence electrons. The van der Waals surface area contributed by atoms with Crippen LogP contribution in [0, 0.1) is 0 Å². The van der Waals surface area contributed by atoms with Crippen molar-refractivity contribution in [3.8, 4) is 11.5 Å². The van der Waals surface area contributed by atoms with Gasteiger partial charge in [-0.1, -0.05) is 34.8 Å². The summed E-state index contributed by atoms with van der Waals surface area (Å²) in [5, 5.41) is -0.755. The maximum Gasteiger partial charge on any atom is 0.416 e. The molecule has 0 unspecified atom stereocenters. The van der Waals surface area contributed by atoms with Crippen LogP contribution in [0.15, 0.2) is 30.3 Å².